The third-order valence-corrected chi connectivity index (χ3v) is 2.66. The molecule has 0 spiro atoms. The van der Waals surface area contributed by atoms with Gasteiger partial charge in [-0.05, 0) is 12.1 Å². The number of rotatable bonds is 3. The highest BCUT2D eigenvalue weighted by Crippen LogP contribution is 2.24. The minimum Gasteiger partial charge on any atom is -0.497 e. The highest BCUT2D eigenvalue weighted by atomic mass is 16.5. The highest BCUT2D eigenvalue weighted by molar-refractivity contribution is 5.44. The maximum atomic E-state index is 9.62. The summed E-state index contributed by atoms with van der Waals surface area (Å²) in [5.41, 5.74) is 0.472. The molecule has 2 atom stereocenters. The zero-order chi connectivity index (χ0) is 12.3. The van der Waals surface area contributed by atoms with Crippen molar-refractivity contribution in [2.75, 3.05) is 20.2 Å². The first kappa shape index (κ1) is 11.7. The third-order valence-electron chi connectivity index (χ3n) is 2.66. The lowest BCUT2D eigenvalue weighted by Gasteiger charge is -2.16. The molecule has 2 rings (SSSR count). The minimum absolute atomic E-state index is 0.284. The van der Waals surface area contributed by atoms with Gasteiger partial charge in [0.15, 0.2) is 0 Å². The van der Waals surface area contributed by atoms with Crippen LogP contribution in [0.4, 0.5) is 0 Å². The van der Waals surface area contributed by atoms with Crippen molar-refractivity contribution in [3.63, 3.8) is 0 Å². The van der Waals surface area contributed by atoms with Crippen LogP contribution in [0.25, 0.3) is 0 Å². The van der Waals surface area contributed by atoms with Crippen molar-refractivity contribution < 1.29 is 14.6 Å². The van der Waals surface area contributed by atoms with E-state index in [1.807, 2.05) is 6.07 Å². The van der Waals surface area contributed by atoms with Gasteiger partial charge >= 0.3 is 0 Å². The van der Waals surface area contributed by atoms with Crippen molar-refractivity contribution in [3.05, 3.63) is 23.8 Å². The Hall–Kier alpha value is -1.77. The van der Waals surface area contributed by atoms with Crippen LogP contribution >= 0.6 is 0 Å². The number of nitrogens with one attached hydrogen (secondary N) is 1. The summed E-state index contributed by atoms with van der Waals surface area (Å²) in [5.74, 6) is 1.10. The normalized spacial score (nSPS) is 23.1. The first-order valence-electron chi connectivity index (χ1n) is 5.37. The fourth-order valence-electron chi connectivity index (χ4n) is 1.76. The highest BCUT2D eigenvalue weighted by Gasteiger charge is 2.26. The molecule has 1 aliphatic heterocycles. The van der Waals surface area contributed by atoms with Gasteiger partial charge in [0.25, 0.3) is 0 Å². The van der Waals surface area contributed by atoms with E-state index in [0.717, 1.165) is 0 Å². The zero-order valence-corrected chi connectivity index (χ0v) is 9.51. The Balaban J connectivity index is 2.17. The SMILES string of the molecule is COc1cc(C#N)cc(OC2CNCC2O)c1. The van der Waals surface area contributed by atoms with Crippen molar-refractivity contribution in [2.24, 2.45) is 0 Å². The molecule has 5 heteroatoms. The molecule has 17 heavy (non-hydrogen) atoms. The lowest BCUT2D eigenvalue weighted by atomic mass is 10.2. The summed E-state index contributed by atoms with van der Waals surface area (Å²) in [6, 6.07) is 7.01. The Morgan fingerprint density at radius 1 is 1.35 bits per heavy atom. The van der Waals surface area contributed by atoms with E-state index < -0.39 is 6.10 Å². The smallest absolute Gasteiger partial charge is 0.138 e. The van der Waals surface area contributed by atoms with Crippen molar-refractivity contribution >= 4 is 0 Å². The molecule has 0 amide bonds. The molecule has 2 unspecified atom stereocenters. The van der Waals surface area contributed by atoms with E-state index in [0.29, 0.717) is 30.2 Å². The molecule has 2 N–H and O–H groups in total. The first-order valence-corrected chi connectivity index (χ1v) is 5.37. The zero-order valence-electron chi connectivity index (χ0n) is 9.51. The molecule has 0 aliphatic carbocycles. The fourth-order valence-corrected chi connectivity index (χ4v) is 1.76. The first-order chi connectivity index (χ1) is 8.22. The molecular formula is C12H14N2O3. The standard InChI is InChI=1S/C12H14N2O3/c1-16-9-2-8(5-13)3-10(4-9)17-12-7-14-6-11(12)15/h2-4,11-12,14-15H,6-7H2,1H3. The Labute approximate surface area is 99.6 Å². The Kier molecular flexibility index (Phi) is 3.47. The average molecular weight is 234 g/mol. The monoisotopic (exact) mass is 234 g/mol. The number of ether oxygens (including phenoxy) is 2. The fraction of sp³-hybridized carbons (Fsp3) is 0.417. The summed E-state index contributed by atoms with van der Waals surface area (Å²) in [7, 11) is 1.53. The van der Waals surface area contributed by atoms with Gasteiger partial charge in [0, 0.05) is 19.2 Å². The molecule has 0 bridgehead atoms. The summed E-state index contributed by atoms with van der Waals surface area (Å²) in [6.45, 7) is 1.13. The van der Waals surface area contributed by atoms with E-state index >= 15 is 0 Å². The number of nitrogens with zero attached hydrogens (tertiary/aromatic N) is 1. The van der Waals surface area contributed by atoms with Crippen molar-refractivity contribution in [1.82, 2.24) is 5.32 Å². The molecule has 1 heterocycles. The quantitative estimate of drug-likeness (QED) is 0.785. The van der Waals surface area contributed by atoms with Gasteiger partial charge in [0.1, 0.15) is 23.7 Å². The lowest BCUT2D eigenvalue weighted by molar-refractivity contribution is 0.0736. The van der Waals surface area contributed by atoms with Crippen LogP contribution in [0.5, 0.6) is 11.5 Å². The molecule has 1 aliphatic rings. The van der Waals surface area contributed by atoms with Gasteiger partial charge < -0.3 is 19.9 Å². The van der Waals surface area contributed by atoms with Crippen LogP contribution in [0, 0.1) is 11.3 Å². The van der Waals surface area contributed by atoms with Gasteiger partial charge in [-0.15, -0.1) is 0 Å². The lowest BCUT2D eigenvalue weighted by Crippen LogP contribution is -2.29. The number of nitriles is 1. The van der Waals surface area contributed by atoms with Gasteiger partial charge in [0.2, 0.25) is 0 Å². The summed E-state index contributed by atoms with van der Waals surface area (Å²) in [5, 5.41) is 21.5. The second-order valence-electron chi connectivity index (χ2n) is 3.89. The summed E-state index contributed by atoms with van der Waals surface area (Å²) < 4.78 is 10.7. The Bertz CT molecular complexity index is 442. The van der Waals surface area contributed by atoms with E-state index in [2.05, 4.69) is 5.32 Å². The molecule has 1 saturated heterocycles. The molecular weight excluding hydrogens is 220 g/mol. The minimum atomic E-state index is -0.522. The third kappa shape index (κ3) is 2.67. The molecule has 1 aromatic rings. The average Bonchev–Trinajstić information content (AvgIpc) is 2.74. The summed E-state index contributed by atoms with van der Waals surface area (Å²) >= 11 is 0. The van der Waals surface area contributed by atoms with Crippen molar-refractivity contribution in [1.29, 1.82) is 5.26 Å². The molecule has 0 radical (unpaired) electrons. The molecule has 5 nitrogen and oxygen atoms in total. The van der Waals surface area contributed by atoms with Crippen LogP contribution in [0.2, 0.25) is 0 Å². The van der Waals surface area contributed by atoms with Crippen LogP contribution in [-0.2, 0) is 0 Å². The van der Waals surface area contributed by atoms with Gasteiger partial charge in [-0.25, -0.2) is 0 Å². The Morgan fingerprint density at radius 3 is 2.71 bits per heavy atom. The summed E-state index contributed by atoms with van der Waals surface area (Å²) in [6.07, 6.45) is -0.805. The topological polar surface area (TPSA) is 74.5 Å². The molecule has 90 valence electrons. The van der Waals surface area contributed by atoms with E-state index in [1.54, 1.807) is 18.2 Å². The summed E-state index contributed by atoms with van der Waals surface area (Å²) in [4.78, 5) is 0. The number of hydrogen-bond donors (Lipinski definition) is 2. The van der Waals surface area contributed by atoms with E-state index in [1.165, 1.54) is 7.11 Å². The van der Waals surface area contributed by atoms with Gasteiger partial charge in [-0.3, -0.25) is 0 Å². The maximum Gasteiger partial charge on any atom is 0.138 e. The number of aliphatic hydroxyl groups is 1. The number of methoxy groups -OCH3 is 1. The van der Waals surface area contributed by atoms with E-state index in [9.17, 15) is 5.11 Å². The van der Waals surface area contributed by atoms with Crippen LogP contribution in [-0.4, -0.2) is 37.5 Å². The van der Waals surface area contributed by atoms with Crippen LogP contribution < -0.4 is 14.8 Å². The van der Waals surface area contributed by atoms with Gasteiger partial charge in [0.05, 0.1) is 18.7 Å². The number of β-amino-alcohol motifs (C(OH)–C–C–N with tert-alkyl or cyclic N) is 1. The van der Waals surface area contributed by atoms with Gasteiger partial charge in [-0.2, -0.15) is 5.26 Å². The maximum absolute atomic E-state index is 9.62. The second kappa shape index (κ2) is 5.04. The molecule has 1 fully saturated rings. The van der Waals surface area contributed by atoms with Crippen molar-refractivity contribution in [2.45, 2.75) is 12.2 Å². The van der Waals surface area contributed by atoms with Crippen LogP contribution in [0.3, 0.4) is 0 Å². The predicted octanol–water partition coefficient (Wildman–Crippen LogP) is 0.278. The Morgan fingerprint density at radius 2 is 2.12 bits per heavy atom. The number of hydrogen-bond acceptors (Lipinski definition) is 5. The molecule has 1 aromatic carbocycles. The largest absolute Gasteiger partial charge is 0.497 e. The second-order valence-corrected chi connectivity index (χ2v) is 3.89. The van der Waals surface area contributed by atoms with E-state index in [4.69, 9.17) is 14.7 Å². The number of aliphatic hydroxyl groups excluding tert-OH is 1. The predicted molar refractivity (Wildman–Crippen MR) is 61.0 cm³/mol. The van der Waals surface area contributed by atoms with Gasteiger partial charge in [-0.1, -0.05) is 0 Å². The number of benzene rings is 1. The van der Waals surface area contributed by atoms with Crippen molar-refractivity contribution in [3.8, 4) is 17.6 Å². The molecule has 0 saturated carbocycles. The van der Waals surface area contributed by atoms with Crippen LogP contribution in [0.1, 0.15) is 5.56 Å². The molecule has 0 aromatic heterocycles. The van der Waals surface area contributed by atoms with Crippen LogP contribution in [0.15, 0.2) is 18.2 Å². The van der Waals surface area contributed by atoms with E-state index in [-0.39, 0.29) is 6.10 Å².